The number of hydrogen-bond donors (Lipinski definition) is 1. The lowest BCUT2D eigenvalue weighted by Crippen LogP contribution is -2.27. The predicted octanol–water partition coefficient (Wildman–Crippen LogP) is 2.79. The maximum atomic E-state index is 12.1. The van der Waals surface area contributed by atoms with Gasteiger partial charge in [0.25, 0.3) is 0 Å². The molecule has 0 aromatic carbocycles. The third-order valence-corrected chi connectivity index (χ3v) is 2.54. The van der Waals surface area contributed by atoms with Crippen molar-refractivity contribution in [2.24, 2.45) is 0 Å². The SMILES string of the molecule is CC(=O)Nc1cc(C(C)C(=O)OC(C)(C)C)cc(C)n1. The van der Waals surface area contributed by atoms with Gasteiger partial charge in [-0.3, -0.25) is 9.59 Å². The molecule has 1 unspecified atom stereocenters. The summed E-state index contributed by atoms with van der Waals surface area (Å²) in [5.41, 5.74) is 0.991. The van der Waals surface area contributed by atoms with E-state index in [0.29, 0.717) is 5.82 Å². The molecular formula is C15H22N2O3. The third kappa shape index (κ3) is 4.99. The molecule has 0 fully saturated rings. The molecular weight excluding hydrogens is 256 g/mol. The van der Waals surface area contributed by atoms with Crippen LogP contribution >= 0.6 is 0 Å². The first-order valence-corrected chi connectivity index (χ1v) is 6.57. The minimum absolute atomic E-state index is 0.195. The topological polar surface area (TPSA) is 68.3 Å². The zero-order valence-corrected chi connectivity index (χ0v) is 12.9. The number of anilines is 1. The van der Waals surface area contributed by atoms with Gasteiger partial charge < -0.3 is 10.1 Å². The Labute approximate surface area is 119 Å². The van der Waals surface area contributed by atoms with Gasteiger partial charge in [0.05, 0.1) is 5.92 Å². The lowest BCUT2D eigenvalue weighted by Gasteiger charge is -2.22. The fourth-order valence-corrected chi connectivity index (χ4v) is 1.72. The first-order chi connectivity index (χ1) is 9.08. The fraction of sp³-hybridized carbons (Fsp3) is 0.533. The highest BCUT2D eigenvalue weighted by Gasteiger charge is 2.23. The number of rotatable bonds is 3. The minimum atomic E-state index is -0.520. The number of aryl methyl sites for hydroxylation is 1. The largest absolute Gasteiger partial charge is 0.460 e. The Hall–Kier alpha value is -1.91. The summed E-state index contributed by atoms with van der Waals surface area (Å²) in [7, 11) is 0. The number of carbonyl (C=O) groups is 2. The molecule has 1 rings (SSSR count). The van der Waals surface area contributed by atoms with Crippen molar-refractivity contribution in [3.05, 3.63) is 23.4 Å². The molecule has 0 saturated carbocycles. The second-order valence-electron chi connectivity index (χ2n) is 5.86. The van der Waals surface area contributed by atoms with Crippen LogP contribution in [0, 0.1) is 6.92 Å². The van der Waals surface area contributed by atoms with E-state index in [-0.39, 0.29) is 11.9 Å². The highest BCUT2D eigenvalue weighted by atomic mass is 16.6. The molecule has 1 N–H and O–H groups in total. The number of nitrogens with zero attached hydrogens (tertiary/aromatic N) is 1. The number of hydrogen-bond acceptors (Lipinski definition) is 4. The third-order valence-electron chi connectivity index (χ3n) is 2.54. The minimum Gasteiger partial charge on any atom is -0.460 e. The standard InChI is InChI=1S/C15H22N2O3/c1-9-7-12(8-13(16-9)17-11(3)18)10(2)14(19)20-15(4,5)6/h7-8,10H,1-6H3,(H,16,17,18). The summed E-state index contributed by atoms with van der Waals surface area (Å²) >= 11 is 0. The summed E-state index contributed by atoms with van der Waals surface area (Å²) in [5, 5.41) is 2.63. The smallest absolute Gasteiger partial charge is 0.313 e. The molecule has 5 nitrogen and oxygen atoms in total. The number of pyridine rings is 1. The molecule has 1 amide bonds. The maximum absolute atomic E-state index is 12.1. The average molecular weight is 278 g/mol. The predicted molar refractivity (Wildman–Crippen MR) is 77.5 cm³/mol. The Kier molecular flexibility index (Phi) is 4.87. The van der Waals surface area contributed by atoms with Gasteiger partial charge in [0, 0.05) is 12.6 Å². The van der Waals surface area contributed by atoms with Gasteiger partial charge in [0.15, 0.2) is 0 Å². The Morgan fingerprint density at radius 1 is 1.30 bits per heavy atom. The van der Waals surface area contributed by atoms with Gasteiger partial charge in [0.1, 0.15) is 11.4 Å². The van der Waals surface area contributed by atoms with E-state index in [2.05, 4.69) is 10.3 Å². The zero-order valence-electron chi connectivity index (χ0n) is 12.9. The molecule has 1 aromatic rings. The highest BCUT2D eigenvalue weighted by Crippen LogP contribution is 2.23. The van der Waals surface area contributed by atoms with E-state index in [1.54, 1.807) is 13.0 Å². The average Bonchev–Trinajstić information content (AvgIpc) is 2.23. The Bertz CT molecular complexity index is 518. The van der Waals surface area contributed by atoms with Crippen LogP contribution in [-0.2, 0) is 14.3 Å². The van der Waals surface area contributed by atoms with Crippen molar-refractivity contribution < 1.29 is 14.3 Å². The summed E-state index contributed by atoms with van der Waals surface area (Å²) < 4.78 is 5.37. The van der Waals surface area contributed by atoms with Crippen LogP contribution in [0.1, 0.15) is 51.8 Å². The molecule has 0 spiro atoms. The fourth-order valence-electron chi connectivity index (χ4n) is 1.72. The second kappa shape index (κ2) is 6.03. The Balaban J connectivity index is 2.97. The van der Waals surface area contributed by atoms with E-state index in [1.807, 2.05) is 33.8 Å². The van der Waals surface area contributed by atoms with E-state index in [0.717, 1.165) is 11.3 Å². The van der Waals surface area contributed by atoms with E-state index < -0.39 is 11.5 Å². The summed E-state index contributed by atoms with van der Waals surface area (Å²) in [6.07, 6.45) is 0. The van der Waals surface area contributed by atoms with E-state index in [9.17, 15) is 9.59 Å². The molecule has 0 radical (unpaired) electrons. The summed E-state index contributed by atoms with van der Waals surface area (Å²) in [4.78, 5) is 27.4. The van der Waals surface area contributed by atoms with Crippen molar-refractivity contribution in [3.63, 3.8) is 0 Å². The van der Waals surface area contributed by atoms with Crippen LogP contribution in [0.2, 0.25) is 0 Å². The molecule has 0 aliphatic rings. The van der Waals surface area contributed by atoms with Crippen LogP contribution in [0.25, 0.3) is 0 Å². The number of amides is 1. The zero-order chi connectivity index (χ0) is 15.5. The van der Waals surface area contributed by atoms with Gasteiger partial charge >= 0.3 is 5.97 Å². The molecule has 20 heavy (non-hydrogen) atoms. The van der Waals surface area contributed by atoms with E-state index >= 15 is 0 Å². The number of aromatic nitrogens is 1. The second-order valence-corrected chi connectivity index (χ2v) is 5.86. The lowest BCUT2D eigenvalue weighted by atomic mass is 10.0. The highest BCUT2D eigenvalue weighted by molar-refractivity contribution is 5.88. The van der Waals surface area contributed by atoms with E-state index in [4.69, 9.17) is 4.74 Å². The van der Waals surface area contributed by atoms with Crippen molar-refractivity contribution in [2.45, 2.75) is 53.1 Å². The van der Waals surface area contributed by atoms with Crippen LogP contribution in [0.3, 0.4) is 0 Å². The van der Waals surface area contributed by atoms with Gasteiger partial charge in [-0.2, -0.15) is 0 Å². The number of ether oxygens (including phenoxy) is 1. The molecule has 1 aromatic heterocycles. The quantitative estimate of drug-likeness (QED) is 0.863. The summed E-state index contributed by atoms with van der Waals surface area (Å²) in [6, 6.07) is 3.52. The molecule has 0 bridgehead atoms. The van der Waals surface area contributed by atoms with Gasteiger partial charge in [0.2, 0.25) is 5.91 Å². The molecule has 1 atom stereocenters. The first kappa shape index (κ1) is 16.1. The van der Waals surface area contributed by atoms with Crippen LogP contribution in [0.4, 0.5) is 5.82 Å². The molecule has 0 aliphatic heterocycles. The summed E-state index contributed by atoms with van der Waals surface area (Å²) in [5.74, 6) is -0.456. The van der Waals surface area contributed by atoms with Crippen LogP contribution in [0.5, 0.6) is 0 Å². The Morgan fingerprint density at radius 3 is 2.40 bits per heavy atom. The van der Waals surface area contributed by atoms with Crippen molar-refractivity contribution in [1.82, 2.24) is 4.98 Å². The van der Waals surface area contributed by atoms with Crippen molar-refractivity contribution in [1.29, 1.82) is 0 Å². The van der Waals surface area contributed by atoms with Crippen LogP contribution in [0.15, 0.2) is 12.1 Å². The molecule has 5 heteroatoms. The van der Waals surface area contributed by atoms with Crippen molar-refractivity contribution in [2.75, 3.05) is 5.32 Å². The van der Waals surface area contributed by atoms with Crippen LogP contribution < -0.4 is 5.32 Å². The molecule has 110 valence electrons. The van der Waals surface area contributed by atoms with Gasteiger partial charge in [-0.1, -0.05) is 0 Å². The molecule has 0 aliphatic carbocycles. The van der Waals surface area contributed by atoms with Gasteiger partial charge in [-0.25, -0.2) is 4.98 Å². The molecule has 0 saturated heterocycles. The van der Waals surface area contributed by atoms with Crippen molar-refractivity contribution >= 4 is 17.7 Å². The number of esters is 1. The van der Waals surface area contributed by atoms with E-state index in [1.165, 1.54) is 6.92 Å². The van der Waals surface area contributed by atoms with Gasteiger partial charge in [-0.15, -0.1) is 0 Å². The Morgan fingerprint density at radius 2 is 1.90 bits per heavy atom. The number of nitrogens with one attached hydrogen (secondary N) is 1. The monoisotopic (exact) mass is 278 g/mol. The molecule has 1 heterocycles. The van der Waals surface area contributed by atoms with Gasteiger partial charge in [-0.05, 0) is 52.3 Å². The maximum Gasteiger partial charge on any atom is 0.313 e. The van der Waals surface area contributed by atoms with Crippen molar-refractivity contribution in [3.8, 4) is 0 Å². The number of carbonyl (C=O) groups excluding carboxylic acids is 2. The lowest BCUT2D eigenvalue weighted by molar-refractivity contribution is -0.156. The first-order valence-electron chi connectivity index (χ1n) is 6.57. The van der Waals surface area contributed by atoms with Crippen LogP contribution in [-0.4, -0.2) is 22.5 Å². The normalized spacial score (nSPS) is 12.7. The summed E-state index contributed by atoms with van der Waals surface area (Å²) in [6.45, 7) is 10.5.